The second-order valence-electron chi connectivity index (χ2n) is 5.41. The Morgan fingerprint density at radius 2 is 1.92 bits per heavy atom. The fourth-order valence-electron chi connectivity index (χ4n) is 2.15. The maximum absolute atomic E-state index is 5.88. The number of nitrogens with zero attached hydrogens (tertiary/aromatic N) is 3. The van der Waals surface area contributed by atoms with E-state index >= 15 is 0 Å². The highest BCUT2D eigenvalue weighted by Crippen LogP contribution is 2.24. The molecule has 1 heterocycles. The quantitative estimate of drug-likeness (QED) is 0.404. The Morgan fingerprint density at radius 3 is 2.60 bits per heavy atom. The summed E-state index contributed by atoms with van der Waals surface area (Å²) in [6.45, 7) is 2.00. The van der Waals surface area contributed by atoms with Crippen molar-refractivity contribution >= 4 is 34.7 Å². The number of thioether (sulfide) groups is 1. The summed E-state index contributed by atoms with van der Waals surface area (Å²) in [7, 11) is 0. The third-order valence-corrected chi connectivity index (χ3v) is 5.20. The fourth-order valence-corrected chi connectivity index (χ4v) is 3.52. The van der Waals surface area contributed by atoms with Gasteiger partial charge in [-0.3, -0.25) is 0 Å². The first-order chi connectivity index (χ1) is 12.2. The summed E-state index contributed by atoms with van der Waals surface area (Å²) in [5, 5.41) is 8.56. The fraction of sp³-hybridized carbons (Fsp3) is 0.105. The molecule has 0 unspecified atom stereocenters. The molecule has 0 saturated heterocycles. The molecule has 3 aromatic rings. The molecule has 0 atom stereocenters. The predicted octanol–water partition coefficient (Wildman–Crippen LogP) is 4.70. The monoisotopic (exact) mass is 366 g/mol. The van der Waals surface area contributed by atoms with Gasteiger partial charge in [-0.25, -0.2) is 0 Å². The first kappa shape index (κ1) is 17.4. The summed E-state index contributed by atoms with van der Waals surface area (Å²) in [5.74, 6) is 0.786. The molecular weight excluding hydrogens is 348 g/mol. The summed E-state index contributed by atoms with van der Waals surface area (Å²) in [4.78, 5) is 1.17. The van der Waals surface area contributed by atoms with Gasteiger partial charge in [0, 0.05) is 5.75 Å². The molecular formula is C19H18N4S2. The van der Waals surface area contributed by atoms with Gasteiger partial charge in [0.2, 0.25) is 0 Å². The van der Waals surface area contributed by atoms with Crippen LogP contribution in [0.2, 0.25) is 0 Å². The Labute approximate surface area is 155 Å². The standard InChI is InChI=1S/C19H18N4S2/c1-14-11-18(25-23-14)17-9-7-15(8-10-17)12-21-22-19(20)24-13-16-5-3-2-4-6-16/h2-12H,13H2,1H3,(H2,20,22). The molecule has 0 fully saturated rings. The van der Waals surface area contributed by atoms with E-state index in [1.807, 2.05) is 37.3 Å². The van der Waals surface area contributed by atoms with Gasteiger partial charge in [0.15, 0.2) is 5.17 Å². The van der Waals surface area contributed by atoms with Crippen LogP contribution >= 0.6 is 23.3 Å². The van der Waals surface area contributed by atoms with E-state index < -0.39 is 0 Å². The Bertz CT molecular complexity index is 868. The number of hydrogen-bond donors (Lipinski definition) is 1. The highest BCUT2D eigenvalue weighted by Gasteiger charge is 2.01. The van der Waals surface area contributed by atoms with Crippen molar-refractivity contribution in [1.82, 2.24) is 4.37 Å². The number of rotatable bonds is 5. The van der Waals surface area contributed by atoms with Gasteiger partial charge < -0.3 is 5.73 Å². The van der Waals surface area contributed by atoms with Crippen molar-refractivity contribution < 1.29 is 0 Å². The van der Waals surface area contributed by atoms with Crippen LogP contribution in [0.25, 0.3) is 10.4 Å². The van der Waals surface area contributed by atoms with Crippen molar-refractivity contribution in [1.29, 1.82) is 0 Å². The smallest absolute Gasteiger partial charge is 0.180 e. The maximum Gasteiger partial charge on any atom is 0.180 e. The lowest BCUT2D eigenvalue weighted by molar-refractivity contribution is 1.25. The van der Waals surface area contributed by atoms with Crippen molar-refractivity contribution in [3.8, 4) is 10.4 Å². The molecule has 1 aromatic heterocycles. The molecule has 0 radical (unpaired) electrons. The van der Waals surface area contributed by atoms with E-state index in [1.165, 1.54) is 33.7 Å². The summed E-state index contributed by atoms with van der Waals surface area (Å²) >= 11 is 2.98. The molecule has 2 N–H and O–H groups in total. The summed E-state index contributed by atoms with van der Waals surface area (Å²) in [5.41, 5.74) is 10.3. The highest BCUT2D eigenvalue weighted by molar-refractivity contribution is 8.13. The first-order valence-electron chi connectivity index (χ1n) is 7.78. The molecule has 6 heteroatoms. The lowest BCUT2D eigenvalue weighted by Crippen LogP contribution is -2.05. The molecule has 0 aliphatic carbocycles. The first-order valence-corrected chi connectivity index (χ1v) is 9.53. The highest BCUT2D eigenvalue weighted by atomic mass is 32.2. The average molecular weight is 367 g/mol. The summed E-state index contributed by atoms with van der Waals surface area (Å²) < 4.78 is 4.31. The SMILES string of the molecule is Cc1cc(-c2ccc(C=NN=C(N)SCc3ccccc3)cc2)sn1. The Morgan fingerprint density at radius 1 is 1.16 bits per heavy atom. The van der Waals surface area contributed by atoms with Crippen LogP contribution in [0.5, 0.6) is 0 Å². The molecule has 0 saturated carbocycles. The van der Waals surface area contributed by atoms with Crippen molar-refractivity contribution in [3.05, 3.63) is 77.5 Å². The van der Waals surface area contributed by atoms with E-state index in [2.05, 4.69) is 44.9 Å². The summed E-state index contributed by atoms with van der Waals surface area (Å²) in [6.07, 6.45) is 1.71. The van der Waals surface area contributed by atoms with Gasteiger partial charge in [-0.2, -0.15) is 9.47 Å². The van der Waals surface area contributed by atoms with Crippen LogP contribution in [0.15, 0.2) is 70.9 Å². The second-order valence-corrected chi connectivity index (χ2v) is 7.21. The Kier molecular flexibility index (Phi) is 5.98. The molecule has 4 nitrogen and oxygen atoms in total. The largest absolute Gasteiger partial charge is 0.377 e. The Balaban J connectivity index is 1.56. The number of aromatic nitrogens is 1. The Hall–Kier alpha value is -2.44. The zero-order valence-corrected chi connectivity index (χ0v) is 15.4. The van der Waals surface area contributed by atoms with Crippen LogP contribution < -0.4 is 5.73 Å². The third kappa shape index (κ3) is 5.27. The van der Waals surface area contributed by atoms with Crippen LogP contribution in [0.3, 0.4) is 0 Å². The lowest BCUT2D eigenvalue weighted by atomic mass is 10.1. The molecule has 2 aromatic carbocycles. The van der Waals surface area contributed by atoms with E-state index in [1.54, 1.807) is 6.21 Å². The van der Waals surface area contributed by atoms with Gasteiger partial charge in [0.25, 0.3) is 0 Å². The van der Waals surface area contributed by atoms with Gasteiger partial charge in [0.05, 0.1) is 16.8 Å². The average Bonchev–Trinajstić information content (AvgIpc) is 3.08. The molecule has 0 bridgehead atoms. The molecule has 3 rings (SSSR count). The summed E-state index contributed by atoms with van der Waals surface area (Å²) in [6, 6.07) is 20.4. The lowest BCUT2D eigenvalue weighted by Gasteiger charge is -1.99. The van der Waals surface area contributed by atoms with E-state index in [4.69, 9.17) is 5.73 Å². The number of aryl methyl sites for hydroxylation is 1. The van der Waals surface area contributed by atoms with Gasteiger partial charge >= 0.3 is 0 Å². The normalized spacial score (nSPS) is 12.0. The van der Waals surface area contributed by atoms with Gasteiger partial charge in [-0.15, -0.1) is 5.10 Å². The molecule has 0 aliphatic heterocycles. The molecule has 126 valence electrons. The minimum atomic E-state index is 0.455. The second kappa shape index (κ2) is 8.60. The van der Waals surface area contributed by atoms with Crippen molar-refractivity contribution in [2.24, 2.45) is 15.9 Å². The number of nitrogens with two attached hydrogens (primary N) is 1. The van der Waals surface area contributed by atoms with Crippen molar-refractivity contribution in [2.75, 3.05) is 0 Å². The van der Waals surface area contributed by atoms with Crippen LogP contribution in [-0.2, 0) is 5.75 Å². The molecule has 0 spiro atoms. The van der Waals surface area contributed by atoms with Crippen LogP contribution in [0, 0.1) is 6.92 Å². The maximum atomic E-state index is 5.88. The van der Waals surface area contributed by atoms with Gasteiger partial charge in [0.1, 0.15) is 0 Å². The zero-order valence-electron chi connectivity index (χ0n) is 13.8. The van der Waals surface area contributed by atoms with E-state index in [9.17, 15) is 0 Å². The van der Waals surface area contributed by atoms with Crippen molar-refractivity contribution in [2.45, 2.75) is 12.7 Å². The van der Waals surface area contributed by atoms with Crippen LogP contribution in [-0.4, -0.2) is 15.8 Å². The van der Waals surface area contributed by atoms with Gasteiger partial charge in [-0.1, -0.05) is 66.4 Å². The molecule has 0 aliphatic rings. The third-order valence-electron chi connectivity index (χ3n) is 3.42. The number of amidine groups is 1. The molecule has 0 amide bonds. The predicted molar refractivity (Wildman–Crippen MR) is 109 cm³/mol. The van der Waals surface area contributed by atoms with Crippen molar-refractivity contribution in [3.63, 3.8) is 0 Å². The molecule has 25 heavy (non-hydrogen) atoms. The van der Waals surface area contributed by atoms with E-state index in [0.717, 1.165) is 22.6 Å². The van der Waals surface area contributed by atoms with E-state index in [0.29, 0.717) is 5.17 Å². The van der Waals surface area contributed by atoms with Gasteiger partial charge in [-0.05, 0) is 41.2 Å². The zero-order chi connectivity index (χ0) is 17.5. The topological polar surface area (TPSA) is 63.6 Å². The minimum absolute atomic E-state index is 0.455. The minimum Gasteiger partial charge on any atom is -0.377 e. The van der Waals surface area contributed by atoms with Crippen LogP contribution in [0.1, 0.15) is 16.8 Å². The number of hydrogen-bond acceptors (Lipinski definition) is 5. The van der Waals surface area contributed by atoms with Crippen LogP contribution in [0.4, 0.5) is 0 Å². The van der Waals surface area contributed by atoms with E-state index in [-0.39, 0.29) is 0 Å². The number of benzene rings is 2.